The number of likely N-dealkylation sites (N-methyl/N-ethyl adjacent to an activating group) is 1. The molecule has 1 amide bonds. The molecule has 0 saturated carbocycles. The fraction of sp³-hybridized carbons (Fsp3) is 0.556. The summed E-state index contributed by atoms with van der Waals surface area (Å²) in [5, 5.41) is 15.1. The highest BCUT2D eigenvalue weighted by Crippen LogP contribution is 2.26. The van der Waals surface area contributed by atoms with Crippen LogP contribution in [0.25, 0.3) is 0 Å². The number of nitrogens with zero attached hydrogens (tertiary/aromatic N) is 6. The molecule has 1 saturated heterocycles. The molecule has 0 aromatic carbocycles. The van der Waals surface area contributed by atoms with Gasteiger partial charge in [0.05, 0.1) is 6.54 Å². The van der Waals surface area contributed by atoms with Crippen LogP contribution in [-0.4, -0.2) is 67.9 Å². The number of aliphatic hydroxyl groups is 1. The van der Waals surface area contributed by atoms with Crippen LogP contribution in [-0.2, 0) is 11.3 Å². The molecule has 0 unspecified atom stereocenters. The Balaban J connectivity index is 1.54. The second-order valence-electron chi connectivity index (χ2n) is 7.11. The van der Waals surface area contributed by atoms with E-state index in [1.54, 1.807) is 18.1 Å². The summed E-state index contributed by atoms with van der Waals surface area (Å²) >= 11 is 0. The van der Waals surface area contributed by atoms with Gasteiger partial charge in [-0.25, -0.2) is 9.97 Å². The Labute approximate surface area is 153 Å². The molecule has 1 fully saturated rings. The summed E-state index contributed by atoms with van der Waals surface area (Å²) in [6.45, 7) is 5.91. The van der Waals surface area contributed by atoms with E-state index in [1.807, 2.05) is 35.6 Å². The number of anilines is 1. The lowest BCUT2D eigenvalue weighted by molar-refractivity contribution is -0.133. The van der Waals surface area contributed by atoms with Crippen molar-refractivity contribution in [3.63, 3.8) is 0 Å². The van der Waals surface area contributed by atoms with Crippen LogP contribution in [0, 0.1) is 13.8 Å². The highest BCUT2D eigenvalue weighted by molar-refractivity contribution is 5.75. The van der Waals surface area contributed by atoms with Crippen molar-refractivity contribution in [1.29, 1.82) is 0 Å². The van der Waals surface area contributed by atoms with Gasteiger partial charge in [-0.05, 0) is 26.3 Å². The molecular formula is C18H26N6O2. The molecule has 1 aliphatic rings. The van der Waals surface area contributed by atoms with Crippen molar-refractivity contribution in [3.05, 3.63) is 36.0 Å². The number of amides is 1. The van der Waals surface area contributed by atoms with Gasteiger partial charge in [0.25, 0.3) is 0 Å². The van der Waals surface area contributed by atoms with Crippen LogP contribution in [0.2, 0.25) is 0 Å². The van der Waals surface area contributed by atoms with Gasteiger partial charge in [0.2, 0.25) is 5.91 Å². The topological polar surface area (TPSA) is 87.4 Å². The lowest BCUT2D eigenvalue weighted by Crippen LogP contribution is -2.46. The Bertz CT molecular complexity index is 777. The van der Waals surface area contributed by atoms with Crippen molar-refractivity contribution in [3.8, 4) is 0 Å². The molecule has 3 heterocycles. The molecule has 3 rings (SSSR count). The number of hydrogen-bond donors (Lipinski definition) is 1. The number of hydrogen-bond acceptors (Lipinski definition) is 6. The highest BCUT2D eigenvalue weighted by Gasteiger charge is 2.38. The number of aryl methyl sites for hydroxylation is 3. The van der Waals surface area contributed by atoms with Crippen molar-refractivity contribution in [2.45, 2.75) is 38.8 Å². The lowest BCUT2D eigenvalue weighted by atomic mass is 10.0. The molecule has 26 heavy (non-hydrogen) atoms. The molecule has 2 aromatic heterocycles. The Morgan fingerprint density at radius 1 is 1.38 bits per heavy atom. The number of carbonyl (C=O) groups is 1. The van der Waals surface area contributed by atoms with E-state index in [9.17, 15) is 9.90 Å². The molecule has 0 radical (unpaired) electrons. The van der Waals surface area contributed by atoms with Gasteiger partial charge >= 0.3 is 0 Å². The van der Waals surface area contributed by atoms with E-state index >= 15 is 0 Å². The van der Waals surface area contributed by atoms with Crippen LogP contribution in [0.5, 0.6) is 0 Å². The third-order valence-electron chi connectivity index (χ3n) is 4.87. The van der Waals surface area contributed by atoms with Gasteiger partial charge in [-0.3, -0.25) is 9.48 Å². The van der Waals surface area contributed by atoms with Gasteiger partial charge in [-0.2, -0.15) is 5.10 Å². The van der Waals surface area contributed by atoms with E-state index in [2.05, 4.69) is 15.1 Å². The average molecular weight is 358 g/mol. The van der Waals surface area contributed by atoms with Crippen LogP contribution in [0.4, 0.5) is 5.82 Å². The molecule has 8 heteroatoms. The Morgan fingerprint density at radius 3 is 2.88 bits per heavy atom. The third kappa shape index (κ3) is 4.19. The highest BCUT2D eigenvalue weighted by atomic mass is 16.3. The summed E-state index contributed by atoms with van der Waals surface area (Å²) < 4.78 is 1.81. The molecule has 0 bridgehead atoms. The summed E-state index contributed by atoms with van der Waals surface area (Å²) in [5.74, 6) is 0.821. The monoisotopic (exact) mass is 358 g/mol. The maximum Gasteiger partial charge on any atom is 0.224 e. The fourth-order valence-electron chi connectivity index (χ4n) is 3.35. The van der Waals surface area contributed by atoms with E-state index in [0.717, 1.165) is 17.2 Å². The van der Waals surface area contributed by atoms with Gasteiger partial charge < -0.3 is 14.9 Å². The molecule has 0 aliphatic carbocycles. The van der Waals surface area contributed by atoms with Crippen LogP contribution >= 0.6 is 0 Å². The summed E-state index contributed by atoms with van der Waals surface area (Å²) in [6.07, 6.45) is 4.24. The first-order valence-electron chi connectivity index (χ1n) is 8.85. The van der Waals surface area contributed by atoms with E-state index < -0.39 is 5.60 Å². The quantitative estimate of drug-likeness (QED) is 0.821. The van der Waals surface area contributed by atoms with E-state index in [1.165, 1.54) is 6.33 Å². The van der Waals surface area contributed by atoms with Crippen LogP contribution in [0.15, 0.2) is 24.7 Å². The standard InChI is InChI=1S/C18H26N6O2/c1-14-10-16(20-13-19-14)23-9-6-18(26,12-23)11-22(3)17(25)5-8-24-15(2)4-7-21-24/h4,7,10,13,26H,5-6,8-9,11-12H2,1-3H3/t18-/m1/s1. The van der Waals surface area contributed by atoms with Crippen LogP contribution in [0.1, 0.15) is 24.2 Å². The van der Waals surface area contributed by atoms with Crippen molar-refractivity contribution >= 4 is 11.7 Å². The minimum atomic E-state index is -0.926. The molecular weight excluding hydrogens is 332 g/mol. The first-order valence-corrected chi connectivity index (χ1v) is 8.85. The predicted molar refractivity (Wildman–Crippen MR) is 97.8 cm³/mol. The van der Waals surface area contributed by atoms with E-state index in [-0.39, 0.29) is 5.91 Å². The molecule has 8 nitrogen and oxygen atoms in total. The summed E-state index contributed by atoms with van der Waals surface area (Å²) in [7, 11) is 1.74. The van der Waals surface area contributed by atoms with E-state index in [0.29, 0.717) is 39.0 Å². The lowest BCUT2D eigenvalue weighted by Gasteiger charge is -2.29. The molecule has 0 spiro atoms. The Morgan fingerprint density at radius 2 is 2.19 bits per heavy atom. The fourth-order valence-corrected chi connectivity index (χ4v) is 3.35. The van der Waals surface area contributed by atoms with Gasteiger partial charge in [0.1, 0.15) is 17.7 Å². The zero-order valence-electron chi connectivity index (χ0n) is 15.6. The van der Waals surface area contributed by atoms with Gasteiger partial charge in [0.15, 0.2) is 0 Å². The molecule has 1 N–H and O–H groups in total. The van der Waals surface area contributed by atoms with Gasteiger partial charge in [-0.15, -0.1) is 0 Å². The maximum atomic E-state index is 12.4. The van der Waals surface area contributed by atoms with Gasteiger partial charge in [0, 0.05) is 56.8 Å². The normalized spacial score (nSPS) is 19.8. The van der Waals surface area contributed by atoms with E-state index in [4.69, 9.17) is 0 Å². The van der Waals surface area contributed by atoms with Crippen LogP contribution in [0.3, 0.4) is 0 Å². The van der Waals surface area contributed by atoms with Crippen molar-refractivity contribution in [1.82, 2.24) is 24.6 Å². The zero-order chi connectivity index (χ0) is 18.7. The molecule has 1 atom stereocenters. The predicted octanol–water partition coefficient (Wildman–Crippen LogP) is 0.780. The number of rotatable bonds is 6. The van der Waals surface area contributed by atoms with Crippen LogP contribution < -0.4 is 4.90 Å². The average Bonchev–Trinajstić information content (AvgIpc) is 3.18. The molecule has 2 aromatic rings. The maximum absolute atomic E-state index is 12.4. The van der Waals surface area contributed by atoms with Crippen molar-refractivity contribution < 1.29 is 9.90 Å². The smallest absolute Gasteiger partial charge is 0.224 e. The third-order valence-corrected chi connectivity index (χ3v) is 4.87. The Kier molecular flexibility index (Phi) is 5.22. The second kappa shape index (κ2) is 7.41. The second-order valence-corrected chi connectivity index (χ2v) is 7.11. The minimum absolute atomic E-state index is 0.00431. The van der Waals surface area contributed by atoms with Crippen molar-refractivity contribution in [2.24, 2.45) is 0 Å². The Hall–Kier alpha value is -2.48. The number of aromatic nitrogens is 4. The first kappa shape index (κ1) is 18.3. The zero-order valence-corrected chi connectivity index (χ0v) is 15.6. The minimum Gasteiger partial charge on any atom is -0.386 e. The summed E-state index contributed by atoms with van der Waals surface area (Å²) in [5.41, 5.74) is 1.00. The van der Waals surface area contributed by atoms with Gasteiger partial charge in [-0.1, -0.05) is 0 Å². The summed E-state index contributed by atoms with van der Waals surface area (Å²) in [6, 6.07) is 3.83. The molecule has 140 valence electrons. The van der Waals surface area contributed by atoms with Crippen molar-refractivity contribution in [2.75, 3.05) is 31.6 Å². The number of β-amino-alcohol motifs (C(OH)–C–C–N with tert-alkyl or cyclic N) is 1. The molecule has 1 aliphatic heterocycles. The first-order chi connectivity index (χ1) is 12.4. The number of carbonyl (C=O) groups excluding carboxylic acids is 1. The SMILES string of the molecule is Cc1cc(N2CC[C@@](O)(CN(C)C(=O)CCn3nccc3C)C2)ncn1. The largest absolute Gasteiger partial charge is 0.386 e. The summed E-state index contributed by atoms with van der Waals surface area (Å²) in [4.78, 5) is 24.5.